The second-order valence-corrected chi connectivity index (χ2v) is 7.77. The Morgan fingerprint density at radius 2 is 1.90 bits per heavy atom. The number of nitrogens with one attached hydrogen (secondary N) is 1. The molecule has 0 bridgehead atoms. The van der Waals surface area contributed by atoms with E-state index in [1.165, 1.54) is 0 Å². The van der Waals surface area contributed by atoms with Crippen molar-refractivity contribution in [1.82, 2.24) is 34.1 Å². The van der Waals surface area contributed by atoms with Gasteiger partial charge in [0.1, 0.15) is 34.9 Å². The van der Waals surface area contributed by atoms with Crippen molar-refractivity contribution in [3.8, 4) is 5.95 Å². The number of pyridine rings is 1. The lowest BCUT2D eigenvalue weighted by atomic mass is 10.1. The molecule has 0 saturated carbocycles. The van der Waals surface area contributed by atoms with Crippen LogP contribution in [0.3, 0.4) is 0 Å². The molecule has 150 valence electrons. The van der Waals surface area contributed by atoms with Crippen molar-refractivity contribution in [1.29, 1.82) is 0 Å². The van der Waals surface area contributed by atoms with Crippen molar-refractivity contribution < 1.29 is 5.11 Å². The summed E-state index contributed by atoms with van der Waals surface area (Å²) in [5.41, 5.74) is 1.40. The number of rotatable bonds is 5. The summed E-state index contributed by atoms with van der Waals surface area (Å²) in [5, 5.41) is 13.3. The van der Waals surface area contributed by atoms with Gasteiger partial charge in [-0.25, -0.2) is 19.9 Å². The predicted octanol–water partition coefficient (Wildman–Crippen LogP) is 3.27. The van der Waals surface area contributed by atoms with Gasteiger partial charge in [0.25, 0.3) is 0 Å². The highest BCUT2D eigenvalue weighted by Crippen LogP contribution is 2.24. The van der Waals surface area contributed by atoms with Gasteiger partial charge in [0, 0.05) is 24.5 Å². The molecule has 4 aromatic heterocycles. The van der Waals surface area contributed by atoms with Crippen LogP contribution in [0.2, 0.25) is 0 Å². The summed E-state index contributed by atoms with van der Waals surface area (Å²) in [7, 11) is 0. The minimum absolute atomic E-state index is 0.298. The van der Waals surface area contributed by atoms with Gasteiger partial charge < -0.3 is 15.0 Å². The van der Waals surface area contributed by atoms with Crippen molar-refractivity contribution in [2.75, 3.05) is 5.32 Å². The van der Waals surface area contributed by atoms with Crippen LogP contribution in [-0.2, 0) is 5.60 Å². The van der Waals surface area contributed by atoms with Gasteiger partial charge in [-0.3, -0.25) is 4.57 Å². The molecule has 0 aliphatic rings. The van der Waals surface area contributed by atoms with Crippen molar-refractivity contribution in [2.24, 2.45) is 0 Å². The number of anilines is 2. The fourth-order valence-corrected chi connectivity index (χ4v) is 3.26. The molecule has 0 amide bonds. The molecule has 2 N–H and O–H groups in total. The van der Waals surface area contributed by atoms with Gasteiger partial charge in [0.15, 0.2) is 0 Å². The van der Waals surface area contributed by atoms with Crippen LogP contribution >= 0.6 is 0 Å². The number of nitrogens with zero attached hydrogens (tertiary/aromatic N) is 7. The van der Waals surface area contributed by atoms with Gasteiger partial charge in [0.05, 0.1) is 17.4 Å². The van der Waals surface area contributed by atoms with Crippen LogP contribution in [-0.4, -0.2) is 39.2 Å². The molecule has 4 rings (SSSR count). The summed E-state index contributed by atoms with van der Waals surface area (Å²) >= 11 is 0. The van der Waals surface area contributed by atoms with Gasteiger partial charge in [0.2, 0.25) is 5.95 Å². The number of hydrogen-bond acceptors (Lipinski definition) is 7. The molecule has 4 heterocycles. The number of fused-ring (bicyclic) bond motifs is 1. The van der Waals surface area contributed by atoms with E-state index in [4.69, 9.17) is 0 Å². The lowest BCUT2D eigenvalue weighted by Gasteiger charge is -2.13. The summed E-state index contributed by atoms with van der Waals surface area (Å²) in [6.07, 6.45) is 6.72. The summed E-state index contributed by atoms with van der Waals surface area (Å²) in [5.74, 6) is 2.68. The first-order chi connectivity index (χ1) is 13.7. The molecule has 0 saturated heterocycles. The Balaban J connectivity index is 1.64. The fourth-order valence-electron chi connectivity index (χ4n) is 3.26. The first kappa shape index (κ1) is 19.0. The Kier molecular flexibility index (Phi) is 4.54. The summed E-state index contributed by atoms with van der Waals surface area (Å²) < 4.78 is 3.85. The van der Waals surface area contributed by atoms with Gasteiger partial charge in [-0.2, -0.15) is 4.98 Å². The zero-order chi connectivity index (χ0) is 20.8. The van der Waals surface area contributed by atoms with Crippen molar-refractivity contribution in [2.45, 2.75) is 46.3 Å². The van der Waals surface area contributed by atoms with Crippen molar-refractivity contribution in [3.05, 3.63) is 48.6 Å². The molecule has 0 aliphatic heterocycles. The Labute approximate surface area is 168 Å². The van der Waals surface area contributed by atoms with Crippen molar-refractivity contribution >= 4 is 22.7 Å². The third kappa shape index (κ3) is 3.68. The van der Waals surface area contributed by atoms with Crippen LogP contribution < -0.4 is 5.32 Å². The first-order valence-electron chi connectivity index (χ1n) is 9.44. The van der Waals surface area contributed by atoms with E-state index in [0.29, 0.717) is 29.3 Å². The second kappa shape index (κ2) is 6.93. The smallest absolute Gasteiger partial charge is 0.236 e. The average Bonchev–Trinajstić information content (AvgIpc) is 3.25. The third-order valence-corrected chi connectivity index (χ3v) is 4.61. The van der Waals surface area contributed by atoms with E-state index in [1.54, 1.807) is 49.4 Å². The third-order valence-electron chi connectivity index (χ3n) is 4.61. The predicted molar refractivity (Wildman–Crippen MR) is 110 cm³/mol. The maximum Gasteiger partial charge on any atom is 0.236 e. The Morgan fingerprint density at radius 3 is 2.59 bits per heavy atom. The molecule has 0 fully saturated rings. The SMILES string of the molecule is Cc1nc2cnc(Nc3ccnc(-n4cnc(C(C)(C)O)c4)n3)cc2n1C(C)C. The molecule has 4 aromatic rings. The molecule has 0 aromatic carbocycles. The number of hydrogen-bond donors (Lipinski definition) is 2. The zero-order valence-corrected chi connectivity index (χ0v) is 17.1. The largest absolute Gasteiger partial charge is 0.384 e. The van der Waals surface area contributed by atoms with Crippen LogP contribution in [0.1, 0.15) is 45.3 Å². The Bertz CT molecular complexity index is 1170. The van der Waals surface area contributed by atoms with E-state index < -0.39 is 5.60 Å². The van der Waals surface area contributed by atoms with Crippen LogP contribution in [0.15, 0.2) is 37.1 Å². The van der Waals surface area contributed by atoms with Gasteiger partial charge >= 0.3 is 0 Å². The number of imidazole rings is 2. The van der Waals surface area contributed by atoms with E-state index in [9.17, 15) is 5.11 Å². The Morgan fingerprint density at radius 1 is 1.10 bits per heavy atom. The van der Waals surface area contributed by atoms with E-state index in [1.807, 2.05) is 13.0 Å². The number of aryl methyl sites for hydroxylation is 1. The number of aromatic nitrogens is 7. The average molecular weight is 392 g/mol. The van der Waals surface area contributed by atoms with Crippen LogP contribution in [0.25, 0.3) is 17.0 Å². The van der Waals surface area contributed by atoms with E-state index >= 15 is 0 Å². The maximum absolute atomic E-state index is 10.1. The standard InChI is InChI=1S/C20H24N8O/c1-12(2)28-13(3)24-14-9-22-18(8-15(14)28)25-17-6-7-21-19(26-17)27-10-16(23-11-27)20(4,5)29/h6-12,29H,1-5H3,(H,21,22,25,26). The summed E-state index contributed by atoms with van der Waals surface area (Å²) in [4.78, 5) is 22.1. The molecule has 9 nitrogen and oxygen atoms in total. The van der Waals surface area contributed by atoms with Gasteiger partial charge in [-0.05, 0) is 40.7 Å². The van der Waals surface area contributed by atoms with Gasteiger partial charge in [-0.1, -0.05) is 0 Å². The molecule has 9 heteroatoms. The van der Waals surface area contributed by atoms with E-state index in [0.717, 1.165) is 16.9 Å². The first-order valence-corrected chi connectivity index (χ1v) is 9.44. The lowest BCUT2D eigenvalue weighted by molar-refractivity contribution is 0.0742. The maximum atomic E-state index is 10.1. The number of aliphatic hydroxyl groups is 1. The van der Waals surface area contributed by atoms with Crippen LogP contribution in [0, 0.1) is 6.92 Å². The molecule has 0 atom stereocenters. The monoisotopic (exact) mass is 392 g/mol. The summed E-state index contributed by atoms with van der Waals surface area (Å²) in [6, 6.07) is 4.04. The molecule has 0 unspecified atom stereocenters. The molecular weight excluding hydrogens is 368 g/mol. The van der Waals surface area contributed by atoms with Crippen LogP contribution in [0.4, 0.5) is 11.6 Å². The minimum atomic E-state index is -1.03. The summed E-state index contributed by atoms with van der Waals surface area (Å²) in [6.45, 7) is 9.63. The fraction of sp³-hybridized carbons (Fsp3) is 0.350. The van der Waals surface area contributed by atoms with Crippen LogP contribution in [0.5, 0.6) is 0 Å². The lowest BCUT2D eigenvalue weighted by Crippen LogP contribution is -2.15. The second-order valence-electron chi connectivity index (χ2n) is 7.77. The van der Waals surface area contributed by atoms with Crippen molar-refractivity contribution in [3.63, 3.8) is 0 Å². The molecular formula is C20H24N8O. The topological polar surface area (TPSA) is 107 Å². The highest BCUT2D eigenvalue weighted by molar-refractivity contribution is 5.79. The normalized spacial score (nSPS) is 12.1. The quantitative estimate of drug-likeness (QED) is 0.537. The molecule has 0 spiro atoms. The highest BCUT2D eigenvalue weighted by Gasteiger charge is 2.19. The van der Waals surface area contributed by atoms with E-state index in [-0.39, 0.29) is 0 Å². The molecule has 29 heavy (non-hydrogen) atoms. The minimum Gasteiger partial charge on any atom is -0.384 e. The zero-order valence-electron chi connectivity index (χ0n) is 17.1. The highest BCUT2D eigenvalue weighted by atomic mass is 16.3. The molecule has 0 aliphatic carbocycles. The Hall–Kier alpha value is -3.33. The van der Waals surface area contributed by atoms with E-state index in [2.05, 4.69) is 48.7 Å². The molecule has 0 radical (unpaired) electrons. The van der Waals surface area contributed by atoms with Gasteiger partial charge in [-0.15, -0.1) is 0 Å².